The number of Topliss-reactive ketones (excluding diaryl/α,β-unsaturated/α-hetero) is 1. The number of amides is 1. The van der Waals surface area contributed by atoms with Crippen LogP contribution in [-0.4, -0.2) is 53.6 Å². The monoisotopic (exact) mass is 486 g/mol. The summed E-state index contributed by atoms with van der Waals surface area (Å²) in [5.74, 6) is -1.42. The molecule has 1 aliphatic heterocycles. The normalized spacial score (nSPS) is 17.5. The Morgan fingerprint density at radius 3 is 2.33 bits per heavy atom. The Morgan fingerprint density at radius 2 is 1.72 bits per heavy atom. The molecule has 0 bridgehead atoms. The van der Waals surface area contributed by atoms with E-state index in [-0.39, 0.29) is 5.57 Å². The molecule has 1 amide bonds. The van der Waals surface area contributed by atoms with E-state index < -0.39 is 23.5 Å². The van der Waals surface area contributed by atoms with E-state index in [2.05, 4.69) is 18.9 Å². The first kappa shape index (κ1) is 25.4. The summed E-state index contributed by atoms with van der Waals surface area (Å²) >= 11 is 0. The molecule has 0 spiro atoms. The van der Waals surface area contributed by atoms with Crippen LogP contribution >= 0.6 is 0 Å². The lowest BCUT2D eigenvalue weighted by molar-refractivity contribution is -0.858. The van der Waals surface area contributed by atoms with Crippen LogP contribution in [0.3, 0.4) is 0 Å². The van der Waals surface area contributed by atoms with Crippen molar-refractivity contribution in [3.05, 3.63) is 88.8 Å². The summed E-state index contributed by atoms with van der Waals surface area (Å²) < 4.78 is 1.68. The van der Waals surface area contributed by atoms with Crippen LogP contribution in [-0.2, 0) is 9.59 Å². The third kappa shape index (κ3) is 4.84. The highest BCUT2D eigenvalue weighted by Gasteiger charge is 2.44. The molecule has 1 atom stereocenters. The van der Waals surface area contributed by atoms with Crippen molar-refractivity contribution < 1.29 is 19.6 Å². The van der Waals surface area contributed by atoms with Gasteiger partial charge in [0.25, 0.3) is 5.91 Å². The first-order chi connectivity index (χ1) is 17.2. The summed E-state index contributed by atoms with van der Waals surface area (Å²) in [7, 11) is 4.10. The van der Waals surface area contributed by atoms with E-state index in [0.717, 1.165) is 29.8 Å². The smallest absolute Gasteiger partial charge is 0.295 e. The second kappa shape index (κ2) is 10.5. The van der Waals surface area contributed by atoms with Gasteiger partial charge in [-0.1, -0.05) is 62.1 Å². The molecule has 2 heterocycles. The average molecular weight is 487 g/mol. The molecule has 1 unspecified atom stereocenters. The molecule has 2 aromatic carbocycles. The van der Waals surface area contributed by atoms with E-state index in [4.69, 9.17) is 0 Å². The Labute approximate surface area is 212 Å². The van der Waals surface area contributed by atoms with Gasteiger partial charge in [0.05, 0.1) is 38.6 Å². The summed E-state index contributed by atoms with van der Waals surface area (Å²) in [6, 6.07) is 16.7. The number of nitrogens with one attached hydrogen (secondary N) is 1. The Kier molecular flexibility index (Phi) is 7.40. The SMILES string of the molecule is Cc1c(/C([O-])=C2\C(=O)C(=O)N(CCC[NH+](C)C)C2c2ccc(C(C)C)cc2)cnn1-c1ccccc1. The molecule has 1 aromatic heterocycles. The number of likely N-dealkylation sites (tertiary alicyclic amines) is 1. The molecule has 3 aromatic rings. The number of quaternary nitrogens is 1. The predicted molar refractivity (Wildman–Crippen MR) is 138 cm³/mol. The number of aromatic nitrogens is 2. The Morgan fingerprint density at radius 1 is 1.06 bits per heavy atom. The van der Waals surface area contributed by atoms with Gasteiger partial charge >= 0.3 is 0 Å². The van der Waals surface area contributed by atoms with Gasteiger partial charge in [0.15, 0.2) is 0 Å². The van der Waals surface area contributed by atoms with E-state index in [1.54, 1.807) is 16.5 Å². The highest BCUT2D eigenvalue weighted by molar-refractivity contribution is 6.46. The fourth-order valence-electron chi connectivity index (χ4n) is 4.72. The van der Waals surface area contributed by atoms with E-state index in [1.165, 1.54) is 11.1 Å². The van der Waals surface area contributed by atoms with Crippen LogP contribution in [0.25, 0.3) is 11.4 Å². The second-order valence-electron chi connectivity index (χ2n) is 10.00. The molecule has 4 rings (SSSR count). The van der Waals surface area contributed by atoms with Gasteiger partial charge in [-0.2, -0.15) is 5.10 Å². The van der Waals surface area contributed by atoms with Crippen LogP contribution in [0, 0.1) is 6.92 Å². The first-order valence-corrected chi connectivity index (χ1v) is 12.5. The van der Waals surface area contributed by atoms with E-state index in [0.29, 0.717) is 23.7 Å². The minimum Gasteiger partial charge on any atom is -0.872 e. The van der Waals surface area contributed by atoms with Gasteiger partial charge in [-0.3, -0.25) is 9.59 Å². The molecule has 0 saturated carbocycles. The Hall–Kier alpha value is -3.71. The first-order valence-electron chi connectivity index (χ1n) is 12.5. The summed E-state index contributed by atoms with van der Waals surface area (Å²) in [4.78, 5) is 29.3. The van der Waals surface area contributed by atoms with Crippen molar-refractivity contribution in [2.24, 2.45) is 0 Å². The van der Waals surface area contributed by atoms with Crippen LogP contribution in [0.5, 0.6) is 0 Å². The molecule has 0 aliphatic carbocycles. The molecule has 0 radical (unpaired) electrons. The number of ketones is 1. The van der Waals surface area contributed by atoms with Crippen molar-refractivity contribution in [1.82, 2.24) is 14.7 Å². The fraction of sp³-hybridized carbons (Fsp3) is 0.345. The molecule has 7 nitrogen and oxygen atoms in total. The summed E-state index contributed by atoms with van der Waals surface area (Å²) in [5.41, 5.74) is 3.71. The number of rotatable bonds is 8. The molecule has 36 heavy (non-hydrogen) atoms. The zero-order valence-corrected chi connectivity index (χ0v) is 21.6. The molecule has 1 aliphatic rings. The Balaban J connectivity index is 1.81. The predicted octanol–water partition coefficient (Wildman–Crippen LogP) is 2.06. The highest BCUT2D eigenvalue weighted by Crippen LogP contribution is 2.39. The molecule has 1 saturated heterocycles. The lowest BCUT2D eigenvalue weighted by Gasteiger charge is -2.28. The van der Waals surface area contributed by atoms with Crippen molar-refractivity contribution in [1.29, 1.82) is 0 Å². The van der Waals surface area contributed by atoms with E-state index in [9.17, 15) is 14.7 Å². The highest BCUT2D eigenvalue weighted by atomic mass is 16.3. The fourth-order valence-corrected chi connectivity index (χ4v) is 4.72. The van der Waals surface area contributed by atoms with Crippen LogP contribution in [0.2, 0.25) is 0 Å². The third-order valence-electron chi connectivity index (χ3n) is 6.78. The Bertz CT molecular complexity index is 1270. The van der Waals surface area contributed by atoms with Crippen LogP contribution in [0.15, 0.2) is 66.4 Å². The van der Waals surface area contributed by atoms with E-state index in [1.807, 2.05) is 68.7 Å². The number of benzene rings is 2. The van der Waals surface area contributed by atoms with Crippen molar-refractivity contribution in [2.45, 2.75) is 39.2 Å². The second-order valence-corrected chi connectivity index (χ2v) is 10.00. The van der Waals surface area contributed by atoms with Crippen molar-refractivity contribution in [3.8, 4) is 5.69 Å². The minimum absolute atomic E-state index is 0.00482. The maximum absolute atomic E-state index is 13.9. The molecule has 7 heteroatoms. The average Bonchev–Trinajstić information content (AvgIpc) is 3.36. The quantitative estimate of drug-likeness (QED) is 0.300. The topological polar surface area (TPSA) is 82.7 Å². The standard InChI is InChI=1S/C29H34N4O3/c1-19(2)21-12-14-22(15-13-21)26-25(28(35)29(36)32(26)17-9-16-31(4)5)27(34)24-18-30-33(20(24)3)23-10-7-6-8-11-23/h6-8,10-15,18-19,26,34H,9,16-17H2,1-5H3/b27-25+. The van der Waals surface area contributed by atoms with Gasteiger partial charge in [0.1, 0.15) is 0 Å². The number of carbonyl (C=O) groups excluding carboxylic acids is 2. The maximum atomic E-state index is 13.9. The van der Waals surface area contributed by atoms with Crippen molar-refractivity contribution in [2.75, 3.05) is 27.2 Å². The van der Waals surface area contributed by atoms with Gasteiger partial charge < -0.3 is 14.9 Å². The lowest BCUT2D eigenvalue weighted by Crippen LogP contribution is -3.05. The third-order valence-corrected chi connectivity index (χ3v) is 6.78. The number of para-hydroxylation sites is 1. The van der Waals surface area contributed by atoms with Gasteiger partial charge in [-0.05, 0) is 36.1 Å². The molecular weight excluding hydrogens is 452 g/mol. The van der Waals surface area contributed by atoms with Gasteiger partial charge in [0, 0.05) is 29.8 Å². The summed E-state index contributed by atoms with van der Waals surface area (Å²) in [6.07, 6.45) is 2.22. The largest absolute Gasteiger partial charge is 0.872 e. The van der Waals surface area contributed by atoms with Gasteiger partial charge in [0.2, 0.25) is 5.78 Å². The number of nitrogens with zero attached hydrogens (tertiary/aromatic N) is 3. The number of hydrogen-bond acceptors (Lipinski definition) is 4. The maximum Gasteiger partial charge on any atom is 0.295 e. The van der Waals surface area contributed by atoms with Crippen LogP contribution in [0.1, 0.15) is 54.6 Å². The molecule has 1 N–H and O–H groups in total. The van der Waals surface area contributed by atoms with Gasteiger partial charge in [-0.25, -0.2) is 4.68 Å². The molecule has 1 fully saturated rings. The number of hydrogen-bond donors (Lipinski definition) is 1. The minimum atomic E-state index is -0.720. The molecular formula is C29H34N4O3. The van der Waals surface area contributed by atoms with Crippen LogP contribution in [0.4, 0.5) is 0 Å². The van der Waals surface area contributed by atoms with Crippen LogP contribution < -0.4 is 10.0 Å². The lowest BCUT2D eigenvalue weighted by atomic mass is 9.93. The van der Waals surface area contributed by atoms with E-state index >= 15 is 0 Å². The number of carbonyl (C=O) groups is 2. The summed E-state index contributed by atoms with van der Waals surface area (Å²) in [5, 5.41) is 18.3. The van der Waals surface area contributed by atoms with Gasteiger partial charge in [-0.15, -0.1) is 0 Å². The van der Waals surface area contributed by atoms with Crippen molar-refractivity contribution in [3.63, 3.8) is 0 Å². The molecule has 188 valence electrons. The zero-order chi connectivity index (χ0) is 26.0. The van der Waals surface area contributed by atoms with Crippen molar-refractivity contribution >= 4 is 17.4 Å². The summed E-state index contributed by atoms with van der Waals surface area (Å²) in [6.45, 7) is 7.29. The zero-order valence-electron chi connectivity index (χ0n) is 21.6.